The van der Waals surface area contributed by atoms with E-state index in [0.717, 1.165) is 12.4 Å². The van der Waals surface area contributed by atoms with Crippen LogP contribution in [0.3, 0.4) is 0 Å². The van der Waals surface area contributed by atoms with Crippen molar-refractivity contribution in [2.45, 2.75) is 0 Å². The molecular weight excluding hydrogens is 147 g/mol. The Morgan fingerprint density at radius 1 is 1.55 bits per heavy atom. The van der Waals surface area contributed by atoms with Crippen LogP contribution in [0, 0.1) is 5.82 Å². The minimum atomic E-state index is -0.476. The molecule has 3 nitrogen and oxygen atoms in total. The molecule has 58 valence electrons. The van der Waals surface area contributed by atoms with Gasteiger partial charge in [0.15, 0.2) is 5.82 Å². The van der Waals surface area contributed by atoms with Crippen molar-refractivity contribution in [1.29, 1.82) is 0 Å². The molecule has 0 N–H and O–H groups in total. The molecule has 0 unspecified atom stereocenters. The van der Waals surface area contributed by atoms with Gasteiger partial charge in [0, 0.05) is 0 Å². The third-order valence-electron chi connectivity index (χ3n) is 0.927. The molecule has 11 heavy (non-hydrogen) atoms. The van der Waals surface area contributed by atoms with Crippen LogP contribution >= 0.6 is 0 Å². The lowest BCUT2D eigenvalue weighted by molar-refractivity contribution is 0.331. The quantitative estimate of drug-likeness (QED) is 0.613. The fourth-order valence-corrected chi connectivity index (χ4v) is 0.508. The predicted octanol–water partition coefficient (Wildman–Crippen LogP) is 1.18. The lowest BCUT2D eigenvalue weighted by atomic mass is 10.6. The molecule has 0 amide bonds. The average molecular weight is 154 g/mol. The van der Waals surface area contributed by atoms with Crippen LogP contribution in [0.25, 0.3) is 0 Å². The Balaban J connectivity index is 2.58. The number of halogens is 1. The SMILES string of the molecule is C=CCOc1ncc(F)cn1. The van der Waals surface area contributed by atoms with Gasteiger partial charge in [0.2, 0.25) is 0 Å². The van der Waals surface area contributed by atoms with Crippen molar-refractivity contribution in [2.24, 2.45) is 0 Å². The second kappa shape index (κ2) is 3.65. The highest BCUT2D eigenvalue weighted by Gasteiger charge is 1.94. The van der Waals surface area contributed by atoms with E-state index in [2.05, 4.69) is 16.5 Å². The Morgan fingerprint density at radius 3 is 2.73 bits per heavy atom. The summed E-state index contributed by atoms with van der Waals surface area (Å²) >= 11 is 0. The van der Waals surface area contributed by atoms with E-state index in [4.69, 9.17) is 4.74 Å². The van der Waals surface area contributed by atoms with Gasteiger partial charge in [-0.25, -0.2) is 14.4 Å². The molecule has 0 saturated heterocycles. The normalized spacial score (nSPS) is 9.18. The summed E-state index contributed by atoms with van der Waals surface area (Å²) < 4.78 is 17.1. The van der Waals surface area contributed by atoms with E-state index < -0.39 is 5.82 Å². The Labute approximate surface area is 63.6 Å². The Morgan fingerprint density at radius 2 is 2.18 bits per heavy atom. The largest absolute Gasteiger partial charge is 0.459 e. The zero-order valence-corrected chi connectivity index (χ0v) is 5.83. The smallest absolute Gasteiger partial charge is 0.316 e. The van der Waals surface area contributed by atoms with E-state index in [1.807, 2.05) is 0 Å². The molecule has 0 aliphatic heterocycles. The maximum Gasteiger partial charge on any atom is 0.316 e. The van der Waals surface area contributed by atoms with Gasteiger partial charge in [-0.3, -0.25) is 0 Å². The number of ether oxygens (including phenoxy) is 1. The Bertz CT molecular complexity index is 235. The van der Waals surface area contributed by atoms with Gasteiger partial charge in [0.05, 0.1) is 12.4 Å². The predicted molar refractivity (Wildman–Crippen MR) is 37.7 cm³/mol. The molecule has 0 aliphatic rings. The molecule has 0 aromatic carbocycles. The molecule has 0 fully saturated rings. The van der Waals surface area contributed by atoms with Gasteiger partial charge in [-0.05, 0) is 0 Å². The second-order valence-electron chi connectivity index (χ2n) is 1.78. The fraction of sp³-hybridized carbons (Fsp3) is 0.143. The minimum absolute atomic E-state index is 0.159. The van der Waals surface area contributed by atoms with Crippen LogP contribution in [0.1, 0.15) is 0 Å². The van der Waals surface area contributed by atoms with Crippen LogP contribution in [0.5, 0.6) is 6.01 Å². The van der Waals surface area contributed by atoms with Gasteiger partial charge in [-0.1, -0.05) is 12.7 Å². The number of nitrogens with zero attached hydrogens (tertiary/aromatic N) is 2. The van der Waals surface area contributed by atoms with Crippen LogP contribution in [0.15, 0.2) is 25.0 Å². The van der Waals surface area contributed by atoms with Crippen molar-refractivity contribution < 1.29 is 9.13 Å². The molecule has 0 atom stereocenters. The van der Waals surface area contributed by atoms with E-state index in [-0.39, 0.29) is 6.01 Å². The monoisotopic (exact) mass is 154 g/mol. The molecule has 0 aliphatic carbocycles. The van der Waals surface area contributed by atoms with Gasteiger partial charge in [-0.2, -0.15) is 0 Å². The van der Waals surface area contributed by atoms with Crippen LogP contribution in [0.4, 0.5) is 4.39 Å². The second-order valence-corrected chi connectivity index (χ2v) is 1.78. The molecule has 1 heterocycles. The van der Waals surface area contributed by atoms with Gasteiger partial charge >= 0.3 is 6.01 Å². The zero-order valence-electron chi connectivity index (χ0n) is 5.83. The van der Waals surface area contributed by atoms with Crippen molar-refractivity contribution >= 4 is 0 Å². The maximum absolute atomic E-state index is 12.2. The van der Waals surface area contributed by atoms with Gasteiger partial charge in [-0.15, -0.1) is 0 Å². The van der Waals surface area contributed by atoms with Gasteiger partial charge in [0.25, 0.3) is 0 Å². The highest BCUT2D eigenvalue weighted by atomic mass is 19.1. The maximum atomic E-state index is 12.2. The van der Waals surface area contributed by atoms with Crippen molar-refractivity contribution in [3.63, 3.8) is 0 Å². The molecular formula is C7H7FN2O. The summed E-state index contributed by atoms with van der Waals surface area (Å²) in [6.45, 7) is 3.76. The molecule has 0 saturated carbocycles. The highest BCUT2D eigenvalue weighted by Crippen LogP contribution is 1.99. The molecule has 1 aromatic rings. The first-order valence-electron chi connectivity index (χ1n) is 3.04. The first-order chi connectivity index (χ1) is 5.33. The van der Waals surface area contributed by atoms with E-state index in [0.29, 0.717) is 6.61 Å². The minimum Gasteiger partial charge on any atom is -0.459 e. The van der Waals surface area contributed by atoms with Gasteiger partial charge in [0.1, 0.15) is 6.61 Å². The first kappa shape index (κ1) is 7.65. The van der Waals surface area contributed by atoms with Crippen LogP contribution in [0.2, 0.25) is 0 Å². The summed E-state index contributed by atoms with van der Waals surface area (Å²) in [6, 6.07) is 0.159. The third kappa shape index (κ3) is 2.33. The van der Waals surface area contributed by atoms with Gasteiger partial charge < -0.3 is 4.74 Å². The zero-order chi connectivity index (χ0) is 8.10. The van der Waals surface area contributed by atoms with E-state index in [1.165, 1.54) is 0 Å². The average Bonchev–Trinajstić information content (AvgIpc) is 2.04. The third-order valence-corrected chi connectivity index (χ3v) is 0.927. The molecule has 0 bridgehead atoms. The first-order valence-corrected chi connectivity index (χ1v) is 3.04. The molecule has 4 heteroatoms. The number of hydrogen-bond donors (Lipinski definition) is 0. The summed E-state index contributed by atoms with van der Waals surface area (Å²) in [7, 11) is 0. The molecule has 0 spiro atoms. The number of aromatic nitrogens is 2. The van der Waals surface area contributed by atoms with Crippen molar-refractivity contribution in [3.8, 4) is 6.01 Å². The Hall–Kier alpha value is -1.45. The van der Waals surface area contributed by atoms with Crippen molar-refractivity contribution in [1.82, 2.24) is 9.97 Å². The number of hydrogen-bond acceptors (Lipinski definition) is 3. The van der Waals surface area contributed by atoms with E-state index in [1.54, 1.807) is 6.08 Å². The van der Waals surface area contributed by atoms with Crippen molar-refractivity contribution in [3.05, 3.63) is 30.9 Å². The molecule has 1 rings (SSSR count). The summed E-state index contributed by atoms with van der Waals surface area (Å²) in [5, 5.41) is 0. The molecule has 1 aromatic heterocycles. The summed E-state index contributed by atoms with van der Waals surface area (Å²) in [6.07, 6.45) is 3.66. The van der Waals surface area contributed by atoms with Crippen LogP contribution in [-0.4, -0.2) is 16.6 Å². The lowest BCUT2D eigenvalue weighted by Gasteiger charge is -1.97. The van der Waals surface area contributed by atoms with E-state index in [9.17, 15) is 4.39 Å². The topological polar surface area (TPSA) is 35.0 Å². The van der Waals surface area contributed by atoms with Crippen molar-refractivity contribution in [2.75, 3.05) is 6.61 Å². The summed E-state index contributed by atoms with van der Waals surface area (Å²) in [5.74, 6) is -0.476. The standard InChI is InChI=1S/C7H7FN2O/c1-2-3-11-7-9-4-6(8)5-10-7/h2,4-5H,1,3H2. The molecule has 0 radical (unpaired) electrons. The fourth-order valence-electron chi connectivity index (χ4n) is 0.508. The number of rotatable bonds is 3. The highest BCUT2D eigenvalue weighted by molar-refractivity contribution is 4.96. The van der Waals surface area contributed by atoms with E-state index >= 15 is 0 Å². The summed E-state index contributed by atoms with van der Waals surface area (Å²) in [5.41, 5.74) is 0. The van der Waals surface area contributed by atoms with Crippen LogP contribution < -0.4 is 4.74 Å². The Kier molecular flexibility index (Phi) is 2.54. The van der Waals surface area contributed by atoms with Crippen LogP contribution in [-0.2, 0) is 0 Å². The summed E-state index contributed by atoms with van der Waals surface area (Å²) in [4.78, 5) is 7.12. The lowest BCUT2D eigenvalue weighted by Crippen LogP contribution is -1.97.